The Kier molecular flexibility index (Phi) is 6.94. The second-order valence-corrected chi connectivity index (χ2v) is 16.7. The average molecular weight is 801 g/mol. The molecule has 0 atom stereocenters. The second-order valence-electron chi connectivity index (χ2n) is 14.5. The van der Waals surface area contributed by atoms with E-state index in [0.29, 0.717) is 22.1 Å². The number of halogens is 5. The Balaban J connectivity index is 1.36. The molecule has 12 rings (SSSR count). The quantitative estimate of drug-likeness (QED) is 0.158. The van der Waals surface area contributed by atoms with Gasteiger partial charge in [0.15, 0.2) is 0 Å². The highest BCUT2D eigenvalue weighted by molar-refractivity contribution is 7.26. The van der Waals surface area contributed by atoms with Crippen molar-refractivity contribution in [1.29, 1.82) is 0 Å². The lowest BCUT2D eigenvalue weighted by Gasteiger charge is -2.25. The van der Waals surface area contributed by atoms with E-state index in [1.54, 1.807) is 43.9 Å². The van der Waals surface area contributed by atoms with Gasteiger partial charge in [-0.2, -0.15) is 13.2 Å². The molecule has 0 N–H and O–H groups in total. The van der Waals surface area contributed by atoms with E-state index < -0.39 is 28.9 Å². The van der Waals surface area contributed by atoms with Crippen LogP contribution in [0.4, 0.5) is 22.0 Å². The third-order valence-corrected chi connectivity index (χ3v) is 13.8. The van der Waals surface area contributed by atoms with Crippen LogP contribution in [0.1, 0.15) is 5.56 Å². The molecule has 0 spiro atoms. The molecule has 9 heteroatoms. The third-order valence-electron chi connectivity index (χ3n) is 11.5. The molecule has 4 aromatic heterocycles. The summed E-state index contributed by atoms with van der Waals surface area (Å²) >= 11 is 3.14. The highest BCUT2D eigenvalue weighted by Crippen LogP contribution is 2.51. The molecule has 8 aromatic carbocycles. The van der Waals surface area contributed by atoms with Crippen LogP contribution in [-0.2, 0) is 6.18 Å². The van der Waals surface area contributed by atoms with Gasteiger partial charge in [0.25, 0.3) is 0 Å². The van der Waals surface area contributed by atoms with E-state index in [1.165, 1.54) is 18.2 Å². The minimum atomic E-state index is -5.02. The predicted octanol–water partition coefficient (Wildman–Crippen LogP) is 15.6. The Hall–Kier alpha value is -6.55. The van der Waals surface area contributed by atoms with Gasteiger partial charge in [-0.25, -0.2) is 8.78 Å². The number of nitrogens with zero attached hydrogens (tertiary/aromatic N) is 2. The molecule has 0 bridgehead atoms. The van der Waals surface area contributed by atoms with Crippen molar-refractivity contribution in [3.05, 3.63) is 169 Å². The van der Waals surface area contributed by atoms with E-state index in [9.17, 15) is 0 Å². The normalized spacial score (nSPS) is 12.6. The van der Waals surface area contributed by atoms with Crippen LogP contribution >= 0.6 is 22.7 Å². The van der Waals surface area contributed by atoms with Crippen molar-refractivity contribution in [2.75, 3.05) is 0 Å². The van der Waals surface area contributed by atoms with Gasteiger partial charge in [0.2, 0.25) is 0 Å². The molecule has 12 aromatic rings. The van der Waals surface area contributed by atoms with Gasteiger partial charge >= 0.3 is 6.18 Å². The van der Waals surface area contributed by atoms with Gasteiger partial charge < -0.3 is 9.13 Å². The van der Waals surface area contributed by atoms with Crippen molar-refractivity contribution in [1.82, 2.24) is 9.13 Å². The lowest BCUT2D eigenvalue weighted by atomic mass is 9.96. The smallest absolute Gasteiger partial charge is 0.308 e. The molecule has 0 amide bonds. The van der Waals surface area contributed by atoms with Crippen LogP contribution in [0.15, 0.2) is 152 Å². The Bertz CT molecular complexity index is 3690. The first-order chi connectivity index (χ1) is 28.3. The molecular weight excluding hydrogens is 776 g/mol. The first-order valence-electron chi connectivity index (χ1n) is 18.6. The molecule has 0 aliphatic carbocycles. The minimum Gasteiger partial charge on any atom is -0.308 e. The summed E-state index contributed by atoms with van der Waals surface area (Å²) in [5.74, 6) is -1.92. The van der Waals surface area contributed by atoms with Crippen molar-refractivity contribution >= 4 is 107 Å². The number of rotatable bonds is 3. The number of fused-ring (bicyclic) bond motifs is 14. The molecule has 0 saturated carbocycles. The molecule has 0 unspecified atom stereocenters. The van der Waals surface area contributed by atoms with Crippen LogP contribution in [0.5, 0.6) is 0 Å². The molecule has 0 fully saturated rings. The molecule has 2 nitrogen and oxygen atoms in total. The largest absolute Gasteiger partial charge is 0.420 e. The summed E-state index contributed by atoms with van der Waals surface area (Å²) in [6, 6.07) is 44.7. The number of hydrogen-bond acceptors (Lipinski definition) is 2. The molecular formula is C49H25F5N2S2. The zero-order valence-electron chi connectivity index (χ0n) is 30.0. The number of alkyl halides is 3. The van der Waals surface area contributed by atoms with Crippen LogP contribution in [-0.4, -0.2) is 9.13 Å². The summed E-state index contributed by atoms with van der Waals surface area (Å²) in [5.41, 5.74) is -0.0259. The molecule has 0 saturated heterocycles. The monoisotopic (exact) mass is 800 g/mol. The van der Waals surface area contributed by atoms with Crippen molar-refractivity contribution in [2.24, 2.45) is 0 Å². The number of thiophene rings is 2. The van der Waals surface area contributed by atoms with Gasteiger partial charge in [-0.3, -0.25) is 0 Å². The zero-order chi connectivity index (χ0) is 39.0. The first-order valence-corrected chi connectivity index (χ1v) is 20.3. The van der Waals surface area contributed by atoms with Gasteiger partial charge in [0.05, 0.1) is 39.0 Å². The first kappa shape index (κ1) is 33.6. The summed E-state index contributed by atoms with van der Waals surface area (Å²) in [5, 5.41) is 6.48. The van der Waals surface area contributed by atoms with Crippen LogP contribution in [0.2, 0.25) is 0 Å². The number of aromatic nitrogens is 2. The predicted molar refractivity (Wildman–Crippen MR) is 231 cm³/mol. The topological polar surface area (TPSA) is 9.86 Å². The standard InChI is InChI=1S/C49H25F5N2S2/c50-33-14-9-15-34(51)42(33)32-20-23-37(55-35-16-5-1-10-26(35)28-21-24-40-43(46(28)55)30-12-3-7-18-38(30)57-40)45(49(52,53)54)48(32)56-36-17-6-2-11-27(36)29-22-25-41-44(47(29)56)31-13-4-8-19-39(31)58-41/h1-25H. The van der Waals surface area contributed by atoms with Crippen molar-refractivity contribution in [3.8, 4) is 22.5 Å². The highest BCUT2D eigenvalue weighted by atomic mass is 32.1. The maximum atomic E-state index is 16.8. The summed E-state index contributed by atoms with van der Waals surface area (Å²) in [6.45, 7) is 0. The minimum absolute atomic E-state index is 0.148. The summed E-state index contributed by atoms with van der Waals surface area (Å²) in [4.78, 5) is 0. The van der Waals surface area contributed by atoms with E-state index in [-0.39, 0.29) is 16.9 Å². The van der Waals surface area contributed by atoms with Gasteiger partial charge in [0, 0.05) is 67.5 Å². The molecule has 58 heavy (non-hydrogen) atoms. The summed E-state index contributed by atoms with van der Waals surface area (Å²) in [6.07, 6.45) is -5.02. The van der Waals surface area contributed by atoms with Crippen LogP contribution in [0.25, 0.3) is 106 Å². The summed E-state index contributed by atoms with van der Waals surface area (Å²) < 4.78 is 89.9. The van der Waals surface area contributed by atoms with Gasteiger partial charge in [-0.15, -0.1) is 22.7 Å². The lowest BCUT2D eigenvalue weighted by molar-refractivity contribution is -0.137. The molecule has 4 heterocycles. The van der Waals surface area contributed by atoms with Gasteiger partial charge in [0.1, 0.15) is 17.2 Å². The number of benzene rings is 8. The van der Waals surface area contributed by atoms with Crippen molar-refractivity contribution in [2.45, 2.75) is 6.18 Å². The summed E-state index contributed by atoms with van der Waals surface area (Å²) in [7, 11) is 0. The Morgan fingerprint density at radius 1 is 0.414 bits per heavy atom. The van der Waals surface area contributed by atoms with Crippen LogP contribution in [0, 0.1) is 11.6 Å². The van der Waals surface area contributed by atoms with Crippen molar-refractivity contribution in [3.63, 3.8) is 0 Å². The fraction of sp³-hybridized carbons (Fsp3) is 0.0204. The highest BCUT2D eigenvalue weighted by Gasteiger charge is 2.41. The molecule has 278 valence electrons. The third kappa shape index (κ3) is 4.51. The zero-order valence-corrected chi connectivity index (χ0v) is 31.7. The Labute approximate surface area is 333 Å². The fourth-order valence-corrected chi connectivity index (χ4v) is 11.5. The molecule has 0 radical (unpaired) electrons. The van der Waals surface area contributed by atoms with Crippen LogP contribution in [0.3, 0.4) is 0 Å². The molecule has 0 aliphatic heterocycles. The van der Waals surface area contributed by atoms with Crippen LogP contribution < -0.4 is 0 Å². The van der Waals surface area contributed by atoms with Crippen molar-refractivity contribution < 1.29 is 22.0 Å². The van der Waals surface area contributed by atoms with E-state index in [4.69, 9.17) is 0 Å². The Morgan fingerprint density at radius 3 is 1.45 bits per heavy atom. The van der Waals surface area contributed by atoms with Gasteiger partial charge in [-0.1, -0.05) is 91.0 Å². The SMILES string of the molecule is Fc1cccc(F)c1-c1ccc(-n2c3ccccc3c3ccc4sc5ccccc5c4c32)c(C(F)(F)F)c1-n1c2ccccc2c2ccc3sc4ccccc4c3c21. The maximum absolute atomic E-state index is 16.8. The fourth-order valence-electron chi connectivity index (χ4n) is 9.25. The number of para-hydroxylation sites is 2. The molecule has 0 aliphatic rings. The second kappa shape index (κ2) is 12.0. The lowest BCUT2D eigenvalue weighted by Crippen LogP contribution is -2.17. The Morgan fingerprint density at radius 2 is 0.897 bits per heavy atom. The van der Waals surface area contributed by atoms with E-state index in [1.807, 2.05) is 109 Å². The van der Waals surface area contributed by atoms with E-state index in [0.717, 1.165) is 74.0 Å². The number of hydrogen-bond donors (Lipinski definition) is 0. The maximum Gasteiger partial charge on any atom is 0.420 e. The van der Waals surface area contributed by atoms with E-state index >= 15 is 22.0 Å². The van der Waals surface area contributed by atoms with E-state index in [2.05, 4.69) is 0 Å². The average Bonchev–Trinajstić information content (AvgIpc) is 3.97. The van der Waals surface area contributed by atoms with Gasteiger partial charge in [-0.05, 0) is 60.7 Å².